The summed E-state index contributed by atoms with van der Waals surface area (Å²) in [6.45, 7) is 7.22. The zero-order valence-electron chi connectivity index (χ0n) is 14.0. The Hall–Kier alpha value is -1.86. The number of carbonyl (C=O) groups excluding carboxylic acids is 1. The number of nitrogens with zero attached hydrogens (tertiary/aromatic N) is 3. The van der Waals surface area contributed by atoms with E-state index in [-0.39, 0.29) is 19.1 Å². The second kappa shape index (κ2) is 7.81. The summed E-state index contributed by atoms with van der Waals surface area (Å²) >= 11 is 6.33. The summed E-state index contributed by atoms with van der Waals surface area (Å²) in [7, 11) is 0. The van der Waals surface area contributed by atoms with E-state index < -0.39 is 12.0 Å². The Kier molecular flexibility index (Phi) is 6.01. The second-order valence-corrected chi connectivity index (χ2v) is 6.52. The van der Waals surface area contributed by atoms with E-state index in [2.05, 4.69) is 18.9 Å². The van der Waals surface area contributed by atoms with E-state index in [1.54, 1.807) is 10.8 Å². The van der Waals surface area contributed by atoms with Crippen molar-refractivity contribution in [3.8, 4) is 0 Å². The first kappa shape index (κ1) is 18.5. The molecular formula is C16H22ClN3O4. The van der Waals surface area contributed by atoms with Crippen molar-refractivity contribution < 1.29 is 19.4 Å². The fourth-order valence-electron chi connectivity index (χ4n) is 2.55. The van der Waals surface area contributed by atoms with Gasteiger partial charge in [-0.15, -0.1) is 0 Å². The number of ether oxygens (including phenoxy) is 1. The molecule has 1 aliphatic rings. The van der Waals surface area contributed by atoms with Crippen molar-refractivity contribution in [2.24, 2.45) is 5.92 Å². The average molecular weight is 356 g/mol. The van der Waals surface area contributed by atoms with Crippen LogP contribution in [-0.2, 0) is 20.9 Å². The van der Waals surface area contributed by atoms with Gasteiger partial charge >= 0.3 is 5.97 Å². The number of carboxylic acids is 1. The fraction of sp³-hybridized carbons (Fsp3) is 0.562. The topological polar surface area (TPSA) is 84.7 Å². The van der Waals surface area contributed by atoms with Gasteiger partial charge < -0.3 is 14.7 Å². The Bertz CT molecular complexity index is 654. The van der Waals surface area contributed by atoms with Gasteiger partial charge in [-0.3, -0.25) is 9.48 Å². The molecular weight excluding hydrogens is 334 g/mol. The predicted molar refractivity (Wildman–Crippen MR) is 89.8 cm³/mol. The molecule has 132 valence electrons. The number of morpholine rings is 1. The molecule has 7 nitrogen and oxygen atoms in total. The summed E-state index contributed by atoms with van der Waals surface area (Å²) in [5.41, 5.74) is 1.40. The Labute approximate surface area is 145 Å². The van der Waals surface area contributed by atoms with Crippen LogP contribution in [0, 0.1) is 12.8 Å². The van der Waals surface area contributed by atoms with Gasteiger partial charge in [-0.05, 0) is 18.9 Å². The molecule has 1 aliphatic heterocycles. The summed E-state index contributed by atoms with van der Waals surface area (Å²) in [4.78, 5) is 24.9. The Morgan fingerprint density at radius 3 is 2.83 bits per heavy atom. The zero-order valence-corrected chi connectivity index (χ0v) is 14.8. The molecule has 2 rings (SSSR count). The lowest BCUT2D eigenvalue weighted by Gasteiger charge is -2.31. The molecule has 0 bridgehead atoms. The van der Waals surface area contributed by atoms with E-state index in [9.17, 15) is 14.7 Å². The summed E-state index contributed by atoms with van der Waals surface area (Å²) in [5.74, 6) is -1.06. The average Bonchev–Trinajstić information content (AvgIpc) is 2.78. The van der Waals surface area contributed by atoms with E-state index in [4.69, 9.17) is 16.3 Å². The normalized spacial score (nSPS) is 18.5. The maximum atomic E-state index is 12.3. The van der Waals surface area contributed by atoms with Gasteiger partial charge in [0.1, 0.15) is 5.15 Å². The largest absolute Gasteiger partial charge is 0.480 e. The minimum Gasteiger partial charge on any atom is -0.480 e. The highest BCUT2D eigenvalue weighted by Gasteiger charge is 2.31. The lowest BCUT2D eigenvalue weighted by atomic mass is 10.2. The number of aliphatic carboxylic acids is 1. The molecule has 1 saturated heterocycles. The van der Waals surface area contributed by atoms with Crippen molar-refractivity contribution in [1.29, 1.82) is 0 Å². The third kappa shape index (κ3) is 4.15. The number of hydrogen-bond acceptors (Lipinski definition) is 4. The highest BCUT2D eigenvalue weighted by molar-refractivity contribution is 6.31. The molecule has 1 aromatic heterocycles. The Balaban J connectivity index is 2.16. The monoisotopic (exact) mass is 355 g/mol. The van der Waals surface area contributed by atoms with Gasteiger partial charge in [0, 0.05) is 24.7 Å². The van der Waals surface area contributed by atoms with Crippen LogP contribution in [-0.4, -0.2) is 57.5 Å². The molecule has 1 atom stereocenters. The number of aryl methyl sites for hydroxylation is 1. The molecule has 1 amide bonds. The lowest BCUT2D eigenvalue weighted by molar-refractivity contribution is -0.156. The summed E-state index contributed by atoms with van der Waals surface area (Å²) in [5, 5.41) is 14.0. The Morgan fingerprint density at radius 1 is 1.50 bits per heavy atom. The van der Waals surface area contributed by atoms with Gasteiger partial charge in [0.25, 0.3) is 0 Å². The van der Waals surface area contributed by atoms with Crippen LogP contribution < -0.4 is 0 Å². The molecule has 0 aliphatic carbocycles. The standard InChI is InChI=1S/C16H22ClN3O4/c1-10(2)8-20-15(17)12(11(3)18-20)4-5-14(21)19-6-7-24-9-13(19)16(22)23/h4-5,10,13H,6-9H2,1-3H3,(H,22,23)/b5-4+. The molecule has 1 aromatic rings. The quantitative estimate of drug-likeness (QED) is 0.814. The van der Waals surface area contributed by atoms with Crippen molar-refractivity contribution in [2.75, 3.05) is 19.8 Å². The van der Waals surface area contributed by atoms with Gasteiger partial charge in [-0.2, -0.15) is 5.10 Å². The van der Waals surface area contributed by atoms with E-state index >= 15 is 0 Å². The number of carbonyl (C=O) groups is 2. The number of rotatable bonds is 5. The number of halogens is 1. The minimum absolute atomic E-state index is 0.00101. The molecule has 0 aromatic carbocycles. The van der Waals surface area contributed by atoms with Gasteiger partial charge in [-0.25, -0.2) is 4.79 Å². The molecule has 1 unspecified atom stereocenters. The highest BCUT2D eigenvalue weighted by atomic mass is 35.5. The first-order valence-electron chi connectivity index (χ1n) is 7.83. The van der Waals surface area contributed by atoms with E-state index in [0.29, 0.717) is 29.8 Å². The van der Waals surface area contributed by atoms with Gasteiger partial charge in [0.15, 0.2) is 6.04 Å². The van der Waals surface area contributed by atoms with Gasteiger partial charge in [-0.1, -0.05) is 25.4 Å². The molecule has 24 heavy (non-hydrogen) atoms. The first-order valence-corrected chi connectivity index (χ1v) is 8.21. The number of carboxylic acid groups (broad SMARTS) is 1. The summed E-state index contributed by atoms with van der Waals surface area (Å²) in [6.07, 6.45) is 2.94. The second-order valence-electron chi connectivity index (χ2n) is 6.16. The smallest absolute Gasteiger partial charge is 0.328 e. The van der Waals surface area contributed by atoms with E-state index in [1.807, 2.05) is 6.92 Å². The third-order valence-electron chi connectivity index (χ3n) is 3.74. The van der Waals surface area contributed by atoms with Crippen molar-refractivity contribution in [2.45, 2.75) is 33.4 Å². The maximum absolute atomic E-state index is 12.3. The van der Waals surface area contributed by atoms with Crippen LogP contribution in [0.2, 0.25) is 5.15 Å². The molecule has 1 fully saturated rings. The van der Waals surface area contributed by atoms with Crippen LogP contribution in [0.15, 0.2) is 6.08 Å². The van der Waals surface area contributed by atoms with E-state index in [0.717, 1.165) is 5.69 Å². The molecule has 2 heterocycles. The van der Waals surface area contributed by atoms with Crippen LogP contribution in [0.25, 0.3) is 6.08 Å². The predicted octanol–water partition coefficient (Wildman–Crippen LogP) is 1.83. The van der Waals surface area contributed by atoms with Crippen LogP contribution in [0.3, 0.4) is 0 Å². The first-order chi connectivity index (χ1) is 11.3. The van der Waals surface area contributed by atoms with E-state index in [1.165, 1.54) is 11.0 Å². The molecule has 0 radical (unpaired) electrons. The lowest BCUT2D eigenvalue weighted by Crippen LogP contribution is -2.52. The third-order valence-corrected chi connectivity index (χ3v) is 4.14. The van der Waals surface area contributed by atoms with Crippen LogP contribution in [0.5, 0.6) is 0 Å². The van der Waals surface area contributed by atoms with Crippen molar-refractivity contribution >= 4 is 29.6 Å². The van der Waals surface area contributed by atoms with Crippen molar-refractivity contribution in [1.82, 2.24) is 14.7 Å². The minimum atomic E-state index is -1.07. The van der Waals surface area contributed by atoms with Gasteiger partial charge in [0.05, 0.1) is 18.9 Å². The van der Waals surface area contributed by atoms with Crippen molar-refractivity contribution in [3.05, 3.63) is 22.5 Å². The maximum Gasteiger partial charge on any atom is 0.328 e. The number of aromatic nitrogens is 2. The number of amides is 1. The Morgan fingerprint density at radius 2 is 2.21 bits per heavy atom. The van der Waals surface area contributed by atoms with Crippen LogP contribution in [0.4, 0.5) is 0 Å². The summed E-state index contributed by atoms with van der Waals surface area (Å²) < 4.78 is 6.84. The molecule has 8 heteroatoms. The zero-order chi connectivity index (χ0) is 17.9. The SMILES string of the molecule is Cc1nn(CC(C)C)c(Cl)c1/C=C/C(=O)N1CCOCC1C(=O)O. The highest BCUT2D eigenvalue weighted by Crippen LogP contribution is 2.22. The van der Waals surface area contributed by atoms with Crippen LogP contribution in [0.1, 0.15) is 25.1 Å². The fourth-order valence-corrected chi connectivity index (χ4v) is 2.85. The summed E-state index contributed by atoms with van der Waals surface area (Å²) in [6, 6.07) is -0.962. The van der Waals surface area contributed by atoms with Gasteiger partial charge in [0.2, 0.25) is 5.91 Å². The number of hydrogen-bond donors (Lipinski definition) is 1. The molecule has 1 N–H and O–H groups in total. The molecule has 0 saturated carbocycles. The molecule has 0 spiro atoms. The van der Waals surface area contributed by atoms with Crippen LogP contribution >= 0.6 is 11.6 Å². The van der Waals surface area contributed by atoms with Crippen molar-refractivity contribution in [3.63, 3.8) is 0 Å².